The molecule has 0 aliphatic carbocycles. The molecule has 1 saturated heterocycles. The number of benzene rings is 2. The standard InChI is InChI=1S/C21H23NO2/c1-15(23)16-7-9-17(10-8-16)21(18-11-13-22-14-12-18)19-5-3-4-6-20(19)24-2/h3-10,22H,11-14H2,1-2H3. The lowest BCUT2D eigenvalue weighted by molar-refractivity contribution is 0.101. The van der Waals surface area contributed by atoms with Gasteiger partial charge in [0.2, 0.25) is 0 Å². The number of piperidine rings is 1. The molecule has 3 heteroatoms. The Morgan fingerprint density at radius 2 is 1.58 bits per heavy atom. The van der Waals surface area contributed by atoms with Gasteiger partial charge < -0.3 is 10.1 Å². The summed E-state index contributed by atoms with van der Waals surface area (Å²) in [4.78, 5) is 11.6. The van der Waals surface area contributed by atoms with Crippen LogP contribution in [0.4, 0.5) is 0 Å². The zero-order chi connectivity index (χ0) is 16.9. The predicted octanol–water partition coefficient (Wildman–Crippen LogP) is 4.08. The summed E-state index contributed by atoms with van der Waals surface area (Å²) in [6.45, 7) is 3.60. The van der Waals surface area contributed by atoms with E-state index in [1.54, 1.807) is 14.0 Å². The Labute approximate surface area is 143 Å². The van der Waals surface area contributed by atoms with Crippen molar-refractivity contribution in [3.05, 3.63) is 70.8 Å². The van der Waals surface area contributed by atoms with E-state index in [1.807, 2.05) is 42.5 Å². The molecular weight excluding hydrogens is 298 g/mol. The van der Waals surface area contributed by atoms with Crippen molar-refractivity contribution < 1.29 is 9.53 Å². The molecular formula is C21H23NO2. The molecule has 0 unspecified atom stereocenters. The first-order valence-corrected chi connectivity index (χ1v) is 8.38. The molecule has 0 radical (unpaired) electrons. The molecule has 3 rings (SSSR count). The third kappa shape index (κ3) is 3.41. The third-order valence-corrected chi connectivity index (χ3v) is 4.52. The fourth-order valence-electron chi connectivity index (χ4n) is 3.25. The number of rotatable bonds is 4. The fourth-order valence-corrected chi connectivity index (χ4v) is 3.25. The first-order valence-electron chi connectivity index (χ1n) is 8.38. The molecule has 0 amide bonds. The van der Waals surface area contributed by atoms with Gasteiger partial charge >= 0.3 is 0 Å². The van der Waals surface area contributed by atoms with Crippen LogP contribution in [0.25, 0.3) is 5.57 Å². The number of hydrogen-bond donors (Lipinski definition) is 1. The van der Waals surface area contributed by atoms with Gasteiger partial charge in [-0.05, 0) is 50.1 Å². The number of ketones is 1. The van der Waals surface area contributed by atoms with Crippen LogP contribution in [-0.4, -0.2) is 26.0 Å². The van der Waals surface area contributed by atoms with E-state index in [0.717, 1.165) is 48.4 Å². The molecule has 1 N–H and O–H groups in total. The highest BCUT2D eigenvalue weighted by Crippen LogP contribution is 2.36. The number of carbonyl (C=O) groups excluding carboxylic acids is 1. The van der Waals surface area contributed by atoms with E-state index in [2.05, 4.69) is 11.4 Å². The summed E-state index contributed by atoms with van der Waals surface area (Å²) in [6, 6.07) is 16.1. The smallest absolute Gasteiger partial charge is 0.159 e. The van der Waals surface area contributed by atoms with Gasteiger partial charge in [0.05, 0.1) is 7.11 Å². The molecule has 24 heavy (non-hydrogen) atoms. The highest BCUT2D eigenvalue weighted by Gasteiger charge is 2.17. The van der Waals surface area contributed by atoms with Gasteiger partial charge in [-0.25, -0.2) is 0 Å². The summed E-state index contributed by atoms with van der Waals surface area (Å²) >= 11 is 0. The van der Waals surface area contributed by atoms with E-state index in [4.69, 9.17) is 4.74 Å². The summed E-state index contributed by atoms with van der Waals surface area (Å²) < 4.78 is 5.60. The average molecular weight is 321 g/mol. The van der Waals surface area contributed by atoms with E-state index in [-0.39, 0.29) is 5.78 Å². The predicted molar refractivity (Wildman–Crippen MR) is 97.6 cm³/mol. The molecule has 1 aliphatic heterocycles. The number of carbonyl (C=O) groups is 1. The lowest BCUT2D eigenvalue weighted by Gasteiger charge is -2.22. The summed E-state index contributed by atoms with van der Waals surface area (Å²) in [6.07, 6.45) is 2.06. The molecule has 3 nitrogen and oxygen atoms in total. The molecule has 0 saturated carbocycles. The zero-order valence-corrected chi connectivity index (χ0v) is 14.3. The average Bonchev–Trinajstić information content (AvgIpc) is 2.64. The second kappa shape index (κ2) is 7.45. The number of ether oxygens (including phenoxy) is 1. The van der Waals surface area contributed by atoms with Crippen molar-refractivity contribution in [1.29, 1.82) is 0 Å². The van der Waals surface area contributed by atoms with E-state index in [0.29, 0.717) is 0 Å². The van der Waals surface area contributed by atoms with Gasteiger partial charge in [0.25, 0.3) is 0 Å². The highest BCUT2D eigenvalue weighted by molar-refractivity contribution is 5.95. The van der Waals surface area contributed by atoms with Crippen molar-refractivity contribution >= 4 is 11.4 Å². The molecule has 1 heterocycles. The minimum atomic E-state index is 0.0925. The second-order valence-corrected chi connectivity index (χ2v) is 6.06. The van der Waals surface area contributed by atoms with Crippen LogP contribution in [0.2, 0.25) is 0 Å². The molecule has 1 fully saturated rings. The van der Waals surface area contributed by atoms with Crippen LogP contribution in [0.15, 0.2) is 54.1 Å². The van der Waals surface area contributed by atoms with Gasteiger partial charge in [0.1, 0.15) is 5.75 Å². The van der Waals surface area contributed by atoms with Crippen LogP contribution in [0, 0.1) is 0 Å². The van der Waals surface area contributed by atoms with E-state index < -0.39 is 0 Å². The van der Waals surface area contributed by atoms with Crippen molar-refractivity contribution in [1.82, 2.24) is 5.32 Å². The normalized spacial score (nSPS) is 14.3. The van der Waals surface area contributed by atoms with Gasteiger partial charge in [-0.3, -0.25) is 4.79 Å². The van der Waals surface area contributed by atoms with Crippen molar-refractivity contribution in [2.45, 2.75) is 19.8 Å². The largest absolute Gasteiger partial charge is 0.496 e. The topological polar surface area (TPSA) is 38.3 Å². The van der Waals surface area contributed by atoms with Crippen LogP contribution in [0.5, 0.6) is 5.75 Å². The molecule has 1 aliphatic rings. The van der Waals surface area contributed by atoms with Gasteiger partial charge in [-0.2, -0.15) is 0 Å². The second-order valence-electron chi connectivity index (χ2n) is 6.06. The first-order chi connectivity index (χ1) is 11.7. The summed E-state index contributed by atoms with van der Waals surface area (Å²) in [7, 11) is 1.71. The van der Waals surface area contributed by atoms with Gasteiger partial charge in [-0.15, -0.1) is 0 Å². The Balaban J connectivity index is 2.14. The SMILES string of the molecule is COc1ccccc1C(=C1CCNCC1)c1ccc(C(C)=O)cc1. The maximum atomic E-state index is 11.6. The molecule has 124 valence electrons. The maximum Gasteiger partial charge on any atom is 0.159 e. The molecule has 2 aromatic carbocycles. The van der Waals surface area contributed by atoms with Crippen molar-refractivity contribution in [3.8, 4) is 5.75 Å². The van der Waals surface area contributed by atoms with Gasteiger partial charge in [-0.1, -0.05) is 48.0 Å². The molecule has 0 atom stereocenters. The minimum absolute atomic E-state index is 0.0925. The van der Waals surface area contributed by atoms with Crippen molar-refractivity contribution in [2.24, 2.45) is 0 Å². The Morgan fingerprint density at radius 3 is 2.21 bits per heavy atom. The van der Waals surface area contributed by atoms with Gasteiger partial charge in [0, 0.05) is 11.1 Å². The Kier molecular flexibility index (Phi) is 5.11. The highest BCUT2D eigenvalue weighted by atomic mass is 16.5. The van der Waals surface area contributed by atoms with Crippen LogP contribution >= 0.6 is 0 Å². The van der Waals surface area contributed by atoms with Gasteiger partial charge in [0.15, 0.2) is 5.78 Å². The Hall–Kier alpha value is -2.39. The van der Waals surface area contributed by atoms with Crippen molar-refractivity contribution in [3.63, 3.8) is 0 Å². The zero-order valence-electron chi connectivity index (χ0n) is 14.3. The number of para-hydroxylation sites is 1. The molecule has 2 aromatic rings. The van der Waals surface area contributed by atoms with Crippen LogP contribution in [-0.2, 0) is 0 Å². The monoisotopic (exact) mass is 321 g/mol. The molecule has 0 bridgehead atoms. The number of nitrogens with one attached hydrogen (secondary N) is 1. The summed E-state index contributed by atoms with van der Waals surface area (Å²) in [5, 5.41) is 3.42. The minimum Gasteiger partial charge on any atom is -0.496 e. The van der Waals surface area contributed by atoms with E-state index >= 15 is 0 Å². The Morgan fingerprint density at radius 1 is 0.958 bits per heavy atom. The summed E-state index contributed by atoms with van der Waals surface area (Å²) in [5.74, 6) is 0.976. The summed E-state index contributed by atoms with van der Waals surface area (Å²) in [5.41, 5.74) is 5.68. The number of Topliss-reactive ketones (excluding diaryl/α,β-unsaturated/α-hetero) is 1. The van der Waals surface area contributed by atoms with Crippen molar-refractivity contribution in [2.75, 3.05) is 20.2 Å². The van der Waals surface area contributed by atoms with E-state index in [1.165, 1.54) is 11.1 Å². The lowest BCUT2D eigenvalue weighted by atomic mass is 9.88. The quantitative estimate of drug-likeness (QED) is 0.862. The lowest BCUT2D eigenvalue weighted by Crippen LogP contribution is -2.24. The van der Waals surface area contributed by atoms with Crippen LogP contribution in [0.1, 0.15) is 41.3 Å². The number of hydrogen-bond acceptors (Lipinski definition) is 3. The molecule has 0 aromatic heterocycles. The van der Waals surface area contributed by atoms with Crippen LogP contribution in [0.3, 0.4) is 0 Å². The third-order valence-electron chi connectivity index (χ3n) is 4.52. The number of methoxy groups -OCH3 is 1. The molecule has 0 spiro atoms. The Bertz CT molecular complexity index is 752. The van der Waals surface area contributed by atoms with Crippen LogP contribution < -0.4 is 10.1 Å². The fraction of sp³-hybridized carbons (Fsp3) is 0.286. The first kappa shape index (κ1) is 16.5. The van der Waals surface area contributed by atoms with E-state index in [9.17, 15) is 4.79 Å². The maximum absolute atomic E-state index is 11.6.